The van der Waals surface area contributed by atoms with Crippen molar-refractivity contribution in [1.29, 1.82) is 0 Å². The van der Waals surface area contributed by atoms with E-state index in [4.69, 9.17) is 0 Å². The standard InChI is InChI=1S/C15H22O2/c1-9-12-4-5-14(2)8-11(16)6-10(13(12)14)7-15(9,3)17/h6,9,12-13,17H,4-5,7-8H2,1-3H3/t9-,12-,13-,14-,15+/m0/s1. The van der Waals surface area contributed by atoms with Crippen LogP contribution in [0.4, 0.5) is 0 Å². The molecule has 2 fully saturated rings. The van der Waals surface area contributed by atoms with Gasteiger partial charge in [-0.05, 0) is 55.4 Å². The molecule has 0 unspecified atom stereocenters. The molecule has 94 valence electrons. The van der Waals surface area contributed by atoms with Crippen molar-refractivity contribution in [3.05, 3.63) is 11.6 Å². The minimum atomic E-state index is -0.629. The first-order valence-electron chi connectivity index (χ1n) is 6.79. The molecular weight excluding hydrogens is 212 g/mol. The van der Waals surface area contributed by atoms with Crippen LogP contribution in [0.25, 0.3) is 0 Å². The Balaban J connectivity index is 2.08. The first-order chi connectivity index (χ1) is 7.83. The Bertz CT molecular complexity index is 407. The summed E-state index contributed by atoms with van der Waals surface area (Å²) >= 11 is 0. The van der Waals surface area contributed by atoms with E-state index in [0.717, 1.165) is 6.42 Å². The summed E-state index contributed by atoms with van der Waals surface area (Å²) in [5.41, 5.74) is 0.779. The fourth-order valence-corrected chi connectivity index (χ4v) is 4.74. The monoisotopic (exact) mass is 234 g/mol. The fraction of sp³-hybridized carbons (Fsp3) is 0.800. The van der Waals surface area contributed by atoms with Crippen LogP contribution < -0.4 is 0 Å². The predicted molar refractivity (Wildman–Crippen MR) is 66.4 cm³/mol. The maximum atomic E-state index is 11.8. The van der Waals surface area contributed by atoms with Crippen molar-refractivity contribution in [3.8, 4) is 0 Å². The third kappa shape index (κ3) is 1.46. The van der Waals surface area contributed by atoms with Crippen LogP contribution in [0.2, 0.25) is 0 Å². The summed E-state index contributed by atoms with van der Waals surface area (Å²) in [6.07, 6.45) is 5.56. The molecule has 2 nitrogen and oxygen atoms in total. The highest BCUT2D eigenvalue weighted by Gasteiger charge is 2.57. The van der Waals surface area contributed by atoms with E-state index in [0.29, 0.717) is 30.6 Å². The number of carbonyl (C=O) groups excluding carboxylic acids is 1. The molecular formula is C15H22O2. The van der Waals surface area contributed by atoms with Crippen molar-refractivity contribution in [2.75, 3.05) is 0 Å². The summed E-state index contributed by atoms with van der Waals surface area (Å²) in [6.45, 7) is 6.39. The van der Waals surface area contributed by atoms with Gasteiger partial charge in [0.1, 0.15) is 0 Å². The summed E-state index contributed by atoms with van der Waals surface area (Å²) in [7, 11) is 0. The molecule has 2 heteroatoms. The highest BCUT2D eigenvalue weighted by molar-refractivity contribution is 5.92. The van der Waals surface area contributed by atoms with Gasteiger partial charge in [-0.3, -0.25) is 4.79 Å². The van der Waals surface area contributed by atoms with E-state index in [1.54, 1.807) is 0 Å². The van der Waals surface area contributed by atoms with Gasteiger partial charge in [0, 0.05) is 6.42 Å². The molecule has 1 N–H and O–H groups in total. The number of hydrogen-bond acceptors (Lipinski definition) is 2. The summed E-state index contributed by atoms with van der Waals surface area (Å²) in [5, 5.41) is 10.5. The average Bonchev–Trinajstić information content (AvgIpc) is 2.51. The lowest BCUT2D eigenvalue weighted by molar-refractivity contribution is -0.119. The van der Waals surface area contributed by atoms with Crippen LogP contribution >= 0.6 is 0 Å². The molecule has 2 saturated carbocycles. The molecule has 0 aromatic rings. The third-order valence-corrected chi connectivity index (χ3v) is 5.74. The summed E-state index contributed by atoms with van der Waals surface area (Å²) in [4.78, 5) is 11.8. The second-order valence-electron chi connectivity index (χ2n) is 7.02. The maximum absolute atomic E-state index is 11.8. The molecule has 17 heavy (non-hydrogen) atoms. The van der Waals surface area contributed by atoms with Gasteiger partial charge in [-0.1, -0.05) is 19.4 Å². The van der Waals surface area contributed by atoms with E-state index >= 15 is 0 Å². The Hall–Kier alpha value is -0.630. The second kappa shape index (κ2) is 3.23. The highest BCUT2D eigenvalue weighted by atomic mass is 16.3. The Labute approximate surface area is 103 Å². The molecule has 0 radical (unpaired) electrons. The first-order valence-corrected chi connectivity index (χ1v) is 6.79. The minimum Gasteiger partial charge on any atom is -0.390 e. The molecule has 0 saturated heterocycles. The van der Waals surface area contributed by atoms with E-state index in [1.807, 2.05) is 13.0 Å². The number of rotatable bonds is 0. The number of carbonyl (C=O) groups is 1. The second-order valence-corrected chi connectivity index (χ2v) is 7.02. The van der Waals surface area contributed by atoms with Crippen LogP contribution in [0.15, 0.2) is 11.6 Å². The third-order valence-electron chi connectivity index (χ3n) is 5.74. The molecule has 5 atom stereocenters. The number of hydrogen-bond donors (Lipinski definition) is 1. The highest BCUT2D eigenvalue weighted by Crippen LogP contribution is 2.61. The van der Waals surface area contributed by atoms with Crippen LogP contribution in [-0.4, -0.2) is 16.5 Å². The Morgan fingerprint density at radius 3 is 2.76 bits per heavy atom. The quantitative estimate of drug-likeness (QED) is 0.699. The molecule has 3 aliphatic rings. The van der Waals surface area contributed by atoms with Crippen LogP contribution in [0.3, 0.4) is 0 Å². The van der Waals surface area contributed by atoms with Crippen molar-refractivity contribution < 1.29 is 9.90 Å². The average molecular weight is 234 g/mol. The summed E-state index contributed by atoms with van der Waals surface area (Å²) < 4.78 is 0. The van der Waals surface area contributed by atoms with Gasteiger partial charge in [-0.25, -0.2) is 0 Å². The molecule has 0 amide bonds. The van der Waals surface area contributed by atoms with E-state index in [1.165, 1.54) is 12.0 Å². The Kier molecular flexibility index (Phi) is 2.17. The van der Waals surface area contributed by atoms with Crippen LogP contribution in [0.5, 0.6) is 0 Å². The van der Waals surface area contributed by atoms with Gasteiger partial charge >= 0.3 is 0 Å². The first kappa shape index (κ1) is 11.5. The SMILES string of the molecule is C[C@H]1[C@@H]2CC[C@@]3(C)CC(=O)C=C(C[C@@]1(C)O)[C@@H]23. The van der Waals surface area contributed by atoms with E-state index in [-0.39, 0.29) is 11.2 Å². The van der Waals surface area contributed by atoms with Crippen molar-refractivity contribution >= 4 is 5.78 Å². The van der Waals surface area contributed by atoms with Gasteiger partial charge in [0.25, 0.3) is 0 Å². The van der Waals surface area contributed by atoms with Crippen molar-refractivity contribution in [3.63, 3.8) is 0 Å². The normalized spacial score (nSPS) is 53.3. The van der Waals surface area contributed by atoms with Gasteiger partial charge in [-0.15, -0.1) is 0 Å². The van der Waals surface area contributed by atoms with Crippen LogP contribution in [0.1, 0.15) is 46.5 Å². The molecule has 0 aliphatic heterocycles. The van der Waals surface area contributed by atoms with Crippen LogP contribution in [-0.2, 0) is 4.79 Å². The van der Waals surface area contributed by atoms with E-state index < -0.39 is 5.60 Å². The zero-order chi connectivity index (χ0) is 12.4. The van der Waals surface area contributed by atoms with Crippen LogP contribution in [0, 0.1) is 23.2 Å². The number of aliphatic hydroxyl groups is 1. The predicted octanol–water partition coefficient (Wildman–Crippen LogP) is 2.71. The molecule has 0 aromatic heterocycles. The minimum absolute atomic E-state index is 0.177. The molecule has 3 aliphatic carbocycles. The van der Waals surface area contributed by atoms with Gasteiger partial charge in [0.05, 0.1) is 5.60 Å². The van der Waals surface area contributed by atoms with Crippen molar-refractivity contribution in [1.82, 2.24) is 0 Å². The molecule has 0 heterocycles. The smallest absolute Gasteiger partial charge is 0.156 e. The largest absolute Gasteiger partial charge is 0.390 e. The van der Waals surface area contributed by atoms with Gasteiger partial charge in [0.15, 0.2) is 5.78 Å². The lowest BCUT2D eigenvalue weighted by Gasteiger charge is -2.49. The van der Waals surface area contributed by atoms with Crippen molar-refractivity contribution in [2.24, 2.45) is 23.2 Å². The maximum Gasteiger partial charge on any atom is 0.156 e. The summed E-state index contributed by atoms with van der Waals surface area (Å²) in [6, 6.07) is 0. The van der Waals surface area contributed by atoms with Gasteiger partial charge < -0.3 is 5.11 Å². The molecule has 3 rings (SSSR count). The molecule has 0 bridgehead atoms. The Morgan fingerprint density at radius 1 is 1.35 bits per heavy atom. The van der Waals surface area contributed by atoms with Gasteiger partial charge in [0.2, 0.25) is 0 Å². The molecule has 0 aromatic carbocycles. The number of allylic oxidation sites excluding steroid dienone is 1. The topological polar surface area (TPSA) is 37.3 Å². The lowest BCUT2D eigenvalue weighted by Crippen LogP contribution is -2.48. The van der Waals surface area contributed by atoms with E-state index in [2.05, 4.69) is 13.8 Å². The number of ketones is 1. The van der Waals surface area contributed by atoms with Crippen molar-refractivity contribution in [2.45, 2.75) is 52.1 Å². The zero-order valence-electron chi connectivity index (χ0n) is 11.0. The lowest BCUT2D eigenvalue weighted by atomic mass is 9.57. The van der Waals surface area contributed by atoms with E-state index in [9.17, 15) is 9.90 Å². The van der Waals surface area contributed by atoms with Gasteiger partial charge in [-0.2, -0.15) is 0 Å². The zero-order valence-corrected chi connectivity index (χ0v) is 11.0. The summed E-state index contributed by atoms with van der Waals surface area (Å²) in [5.74, 6) is 1.74. The molecule has 0 spiro atoms. The Morgan fingerprint density at radius 2 is 2.06 bits per heavy atom. The fourth-order valence-electron chi connectivity index (χ4n) is 4.74.